The minimum atomic E-state index is -1.59. The molecule has 0 saturated heterocycles. The second-order valence-electron chi connectivity index (χ2n) is 3.31. The molecule has 1 rings (SSSR count). The van der Waals surface area contributed by atoms with Crippen molar-refractivity contribution in [3.05, 3.63) is 35.1 Å². The first kappa shape index (κ1) is 10.1. The Kier molecular flexibility index (Phi) is 2.34. The summed E-state index contributed by atoms with van der Waals surface area (Å²) in [7, 11) is 0. The maximum Gasteiger partial charge on any atom is 0.165 e. The van der Waals surface area contributed by atoms with Gasteiger partial charge >= 0.3 is 0 Å². The largest absolute Gasteiger partial charge is 0.386 e. The topological polar surface area (TPSA) is 20.2 Å². The van der Waals surface area contributed by atoms with E-state index in [1.807, 2.05) is 0 Å². The van der Waals surface area contributed by atoms with Crippen LogP contribution < -0.4 is 0 Å². The van der Waals surface area contributed by atoms with Gasteiger partial charge < -0.3 is 5.11 Å². The molecule has 0 fully saturated rings. The fourth-order valence-electron chi connectivity index (χ4n) is 1.00. The average molecular weight is 190 g/mol. The lowest BCUT2D eigenvalue weighted by atomic mass is 9.97. The van der Waals surface area contributed by atoms with Crippen LogP contribution in [0.15, 0.2) is 12.1 Å². The van der Waals surface area contributed by atoms with Crippen molar-refractivity contribution < 1.29 is 18.3 Å². The molecule has 72 valence electrons. The molecule has 0 amide bonds. The van der Waals surface area contributed by atoms with Crippen molar-refractivity contribution in [2.45, 2.75) is 19.4 Å². The lowest BCUT2D eigenvalue weighted by Crippen LogP contribution is -2.18. The molecular weight excluding hydrogens is 181 g/mol. The van der Waals surface area contributed by atoms with E-state index in [1.165, 1.54) is 13.8 Å². The lowest BCUT2D eigenvalue weighted by molar-refractivity contribution is 0.0732. The molecule has 1 aromatic carbocycles. The lowest BCUT2D eigenvalue weighted by Gasteiger charge is -2.18. The molecule has 1 nitrogen and oxygen atoms in total. The number of rotatable bonds is 1. The van der Waals surface area contributed by atoms with Crippen LogP contribution in [0.4, 0.5) is 13.2 Å². The number of hydrogen-bond donors (Lipinski definition) is 1. The molecule has 0 unspecified atom stereocenters. The Labute approximate surface area is 73.8 Å². The Hall–Kier alpha value is -1.03. The Balaban J connectivity index is 3.37. The van der Waals surface area contributed by atoms with Crippen LogP contribution >= 0.6 is 0 Å². The minimum Gasteiger partial charge on any atom is -0.386 e. The third-order valence-electron chi connectivity index (χ3n) is 1.65. The van der Waals surface area contributed by atoms with Gasteiger partial charge in [0.05, 0.1) is 5.60 Å². The predicted molar refractivity (Wildman–Crippen MR) is 41.6 cm³/mol. The van der Waals surface area contributed by atoms with E-state index >= 15 is 0 Å². The van der Waals surface area contributed by atoms with E-state index in [1.54, 1.807) is 0 Å². The molecule has 0 aromatic heterocycles. The summed E-state index contributed by atoms with van der Waals surface area (Å²) in [6, 6.07) is 1.21. The third-order valence-corrected chi connectivity index (χ3v) is 1.65. The SMILES string of the molecule is CC(C)(O)c1cc(F)cc(F)c1F. The summed E-state index contributed by atoms with van der Waals surface area (Å²) in [6.07, 6.45) is 0. The van der Waals surface area contributed by atoms with Gasteiger partial charge in [0, 0.05) is 11.6 Å². The van der Waals surface area contributed by atoms with Crippen LogP contribution in [0.1, 0.15) is 19.4 Å². The van der Waals surface area contributed by atoms with Gasteiger partial charge in [0.2, 0.25) is 0 Å². The summed E-state index contributed by atoms with van der Waals surface area (Å²) >= 11 is 0. The molecule has 1 N–H and O–H groups in total. The van der Waals surface area contributed by atoms with Crippen molar-refractivity contribution in [3.8, 4) is 0 Å². The molecule has 0 aliphatic carbocycles. The van der Waals surface area contributed by atoms with Crippen LogP contribution in [-0.4, -0.2) is 5.11 Å². The molecule has 0 aliphatic rings. The van der Waals surface area contributed by atoms with E-state index in [4.69, 9.17) is 0 Å². The Bertz CT molecular complexity index is 328. The Morgan fingerprint density at radius 2 is 1.69 bits per heavy atom. The van der Waals surface area contributed by atoms with E-state index in [-0.39, 0.29) is 5.56 Å². The van der Waals surface area contributed by atoms with Crippen molar-refractivity contribution in [1.29, 1.82) is 0 Å². The quantitative estimate of drug-likeness (QED) is 0.674. The average Bonchev–Trinajstić information content (AvgIpc) is 1.94. The van der Waals surface area contributed by atoms with Crippen LogP contribution in [-0.2, 0) is 5.60 Å². The number of halogens is 3. The van der Waals surface area contributed by atoms with Gasteiger partial charge in [0.25, 0.3) is 0 Å². The highest BCUT2D eigenvalue weighted by molar-refractivity contribution is 5.24. The Morgan fingerprint density at radius 1 is 1.15 bits per heavy atom. The van der Waals surface area contributed by atoms with Crippen molar-refractivity contribution in [2.75, 3.05) is 0 Å². The highest BCUT2D eigenvalue weighted by Crippen LogP contribution is 2.25. The first-order chi connectivity index (χ1) is 5.82. The second kappa shape index (κ2) is 3.03. The fourth-order valence-corrected chi connectivity index (χ4v) is 1.00. The molecule has 0 spiro atoms. The van der Waals surface area contributed by atoms with Gasteiger partial charge in [-0.2, -0.15) is 0 Å². The second-order valence-corrected chi connectivity index (χ2v) is 3.31. The maximum atomic E-state index is 13.0. The molecule has 0 saturated carbocycles. The van der Waals surface area contributed by atoms with Crippen LogP contribution in [0.2, 0.25) is 0 Å². The van der Waals surface area contributed by atoms with Gasteiger partial charge in [0.1, 0.15) is 5.82 Å². The molecule has 0 atom stereocenters. The van der Waals surface area contributed by atoms with Crippen LogP contribution in [0.5, 0.6) is 0 Å². The summed E-state index contributed by atoms with van der Waals surface area (Å²) in [5, 5.41) is 9.35. The first-order valence-corrected chi connectivity index (χ1v) is 3.70. The highest BCUT2D eigenvalue weighted by atomic mass is 19.2. The number of hydrogen-bond acceptors (Lipinski definition) is 1. The summed E-state index contributed by atoms with van der Waals surface area (Å²) < 4.78 is 38.2. The van der Waals surface area contributed by atoms with Gasteiger partial charge in [-0.1, -0.05) is 0 Å². The summed E-state index contributed by atoms with van der Waals surface area (Å²) in [5.41, 5.74) is -1.97. The third kappa shape index (κ3) is 2.01. The molecule has 0 heterocycles. The van der Waals surface area contributed by atoms with E-state index < -0.39 is 23.1 Å². The monoisotopic (exact) mass is 190 g/mol. The molecule has 0 radical (unpaired) electrons. The molecule has 13 heavy (non-hydrogen) atoms. The zero-order chi connectivity index (χ0) is 10.2. The van der Waals surface area contributed by atoms with E-state index in [9.17, 15) is 18.3 Å². The molecule has 0 bridgehead atoms. The summed E-state index contributed by atoms with van der Waals surface area (Å²) in [6.45, 7) is 2.51. The van der Waals surface area contributed by atoms with Gasteiger partial charge in [0.15, 0.2) is 11.6 Å². The molecule has 0 aliphatic heterocycles. The molecule has 1 aromatic rings. The molecular formula is C9H9F3O. The number of benzene rings is 1. The van der Waals surface area contributed by atoms with Crippen molar-refractivity contribution >= 4 is 0 Å². The van der Waals surface area contributed by atoms with Gasteiger partial charge in [-0.3, -0.25) is 0 Å². The van der Waals surface area contributed by atoms with Gasteiger partial charge in [-0.15, -0.1) is 0 Å². The highest BCUT2D eigenvalue weighted by Gasteiger charge is 2.23. The van der Waals surface area contributed by atoms with Crippen LogP contribution in [0.3, 0.4) is 0 Å². The minimum absolute atomic E-state index is 0.384. The number of aliphatic hydroxyl groups is 1. The Morgan fingerprint density at radius 3 is 2.15 bits per heavy atom. The van der Waals surface area contributed by atoms with E-state index in [0.29, 0.717) is 6.07 Å². The van der Waals surface area contributed by atoms with Gasteiger partial charge in [-0.25, -0.2) is 13.2 Å². The van der Waals surface area contributed by atoms with Crippen molar-refractivity contribution in [1.82, 2.24) is 0 Å². The molecule has 4 heteroatoms. The maximum absolute atomic E-state index is 13.0. The van der Waals surface area contributed by atoms with Gasteiger partial charge in [-0.05, 0) is 19.9 Å². The van der Waals surface area contributed by atoms with Crippen LogP contribution in [0.25, 0.3) is 0 Å². The summed E-state index contributed by atoms with van der Waals surface area (Å²) in [4.78, 5) is 0. The standard InChI is InChI=1S/C9H9F3O/c1-9(2,13)6-3-5(10)4-7(11)8(6)12/h3-4,13H,1-2H3. The zero-order valence-electron chi connectivity index (χ0n) is 7.24. The van der Waals surface area contributed by atoms with Crippen LogP contribution in [0, 0.1) is 17.5 Å². The summed E-state index contributed by atoms with van der Waals surface area (Å²) in [5.74, 6) is -3.41. The normalized spacial score (nSPS) is 11.8. The van der Waals surface area contributed by atoms with Crippen molar-refractivity contribution in [2.24, 2.45) is 0 Å². The zero-order valence-corrected chi connectivity index (χ0v) is 7.24. The van der Waals surface area contributed by atoms with E-state index in [0.717, 1.165) is 6.07 Å². The fraction of sp³-hybridized carbons (Fsp3) is 0.333. The van der Waals surface area contributed by atoms with E-state index in [2.05, 4.69) is 0 Å². The smallest absolute Gasteiger partial charge is 0.165 e. The predicted octanol–water partition coefficient (Wildman–Crippen LogP) is 2.33. The van der Waals surface area contributed by atoms with Crippen molar-refractivity contribution in [3.63, 3.8) is 0 Å². The first-order valence-electron chi connectivity index (χ1n) is 3.70.